The van der Waals surface area contributed by atoms with E-state index < -0.39 is 5.41 Å². The second-order valence-corrected chi connectivity index (χ2v) is 5.36. The Morgan fingerprint density at radius 1 is 1.47 bits per heavy atom. The Bertz CT molecular complexity index is 407. The molecule has 3 nitrogen and oxygen atoms in total. The van der Waals surface area contributed by atoms with Crippen LogP contribution in [0.1, 0.15) is 19.4 Å². The zero-order valence-electron chi connectivity index (χ0n) is 10.2. The first-order valence-corrected chi connectivity index (χ1v) is 5.94. The van der Waals surface area contributed by atoms with Crippen LogP contribution in [-0.4, -0.2) is 12.5 Å². The van der Waals surface area contributed by atoms with Crippen molar-refractivity contribution in [2.75, 3.05) is 11.9 Å². The van der Waals surface area contributed by atoms with Crippen molar-refractivity contribution in [1.29, 1.82) is 0 Å². The Kier molecular flexibility index (Phi) is 6.16. The molecule has 1 aromatic rings. The molecule has 0 bridgehead atoms. The molecule has 1 aromatic carbocycles. The van der Waals surface area contributed by atoms with E-state index in [1.165, 1.54) is 0 Å². The van der Waals surface area contributed by atoms with Crippen LogP contribution in [0, 0.1) is 12.3 Å². The molecule has 0 fully saturated rings. The third-order valence-electron chi connectivity index (χ3n) is 2.55. The highest BCUT2D eigenvalue weighted by atomic mass is 79.9. The highest BCUT2D eigenvalue weighted by Gasteiger charge is 2.25. The molecule has 0 heterocycles. The molecule has 5 heteroatoms. The average molecular weight is 322 g/mol. The lowest BCUT2D eigenvalue weighted by atomic mass is 9.92. The summed E-state index contributed by atoms with van der Waals surface area (Å²) in [4.78, 5) is 11.9. The van der Waals surface area contributed by atoms with Crippen molar-refractivity contribution in [3.63, 3.8) is 0 Å². The Labute approximate surface area is 117 Å². The summed E-state index contributed by atoms with van der Waals surface area (Å²) in [6.07, 6.45) is 0. The fourth-order valence-corrected chi connectivity index (χ4v) is 1.44. The van der Waals surface area contributed by atoms with Crippen LogP contribution >= 0.6 is 28.3 Å². The topological polar surface area (TPSA) is 55.1 Å². The van der Waals surface area contributed by atoms with Crippen LogP contribution in [0.25, 0.3) is 0 Å². The number of benzene rings is 1. The Hall–Kier alpha value is -0.580. The second kappa shape index (κ2) is 6.38. The number of hydrogen-bond donors (Lipinski definition) is 2. The van der Waals surface area contributed by atoms with Gasteiger partial charge in [0, 0.05) is 16.7 Å². The molecule has 0 aliphatic rings. The number of amides is 1. The lowest BCUT2D eigenvalue weighted by Crippen LogP contribution is -2.37. The molecule has 3 N–H and O–H groups in total. The van der Waals surface area contributed by atoms with Gasteiger partial charge >= 0.3 is 0 Å². The normalized spacial score (nSPS) is 10.6. The molecular weight excluding hydrogens is 304 g/mol. The summed E-state index contributed by atoms with van der Waals surface area (Å²) < 4.78 is 0.982. The van der Waals surface area contributed by atoms with E-state index >= 15 is 0 Å². The quantitative estimate of drug-likeness (QED) is 0.899. The van der Waals surface area contributed by atoms with Crippen LogP contribution in [-0.2, 0) is 4.79 Å². The van der Waals surface area contributed by atoms with Crippen LogP contribution in [0.2, 0.25) is 0 Å². The fourth-order valence-electron chi connectivity index (χ4n) is 1.06. The number of aryl methyl sites for hydroxylation is 1. The molecule has 0 atom stereocenters. The molecule has 0 radical (unpaired) electrons. The van der Waals surface area contributed by atoms with Gasteiger partial charge in [-0.15, -0.1) is 12.4 Å². The summed E-state index contributed by atoms with van der Waals surface area (Å²) in [7, 11) is 0. The molecule has 96 valence electrons. The van der Waals surface area contributed by atoms with Crippen molar-refractivity contribution in [1.82, 2.24) is 0 Å². The second-order valence-electron chi connectivity index (χ2n) is 4.51. The highest BCUT2D eigenvalue weighted by molar-refractivity contribution is 9.10. The summed E-state index contributed by atoms with van der Waals surface area (Å²) in [5.74, 6) is -0.0641. The van der Waals surface area contributed by atoms with Crippen LogP contribution in [0.5, 0.6) is 0 Å². The molecule has 1 rings (SSSR count). The van der Waals surface area contributed by atoms with Gasteiger partial charge in [-0.25, -0.2) is 0 Å². The molecule has 0 unspecified atom stereocenters. The number of nitrogens with one attached hydrogen (secondary N) is 1. The molecule has 1 amide bonds. The Balaban J connectivity index is 0.00000256. The summed E-state index contributed by atoms with van der Waals surface area (Å²) in [6, 6.07) is 5.72. The molecule has 0 aliphatic carbocycles. The fraction of sp³-hybridized carbons (Fsp3) is 0.417. The van der Waals surface area contributed by atoms with E-state index in [1.54, 1.807) is 0 Å². The average Bonchev–Trinajstić information content (AvgIpc) is 2.23. The van der Waals surface area contributed by atoms with Gasteiger partial charge in [0.25, 0.3) is 0 Å². The lowest BCUT2D eigenvalue weighted by Gasteiger charge is -2.21. The maximum atomic E-state index is 11.9. The van der Waals surface area contributed by atoms with Crippen LogP contribution in [0.3, 0.4) is 0 Å². The number of nitrogens with two attached hydrogens (primary N) is 1. The van der Waals surface area contributed by atoms with Gasteiger partial charge in [-0.3, -0.25) is 4.79 Å². The minimum atomic E-state index is -0.544. The summed E-state index contributed by atoms with van der Waals surface area (Å²) in [6.45, 7) is 5.97. The van der Waals surface area contributed by atoms with Gasteiger partial charge in [0.05, 0.1) is 5.41 Å². The third-order valence-corrected chi connectivity index (χ3v) is 3.41. The number of halogens is 2. The molecule has 17 heavy (non-hydrogen) atoms. The zero-order valence-corrected chi connectivity index (χ0v) is 12.6. The maximum Gasteiger partial charge on any atom is 0.231 e. The lowest BCUT2D eigenvalue weighted by molar-refractivity contribution is -0.123. The van der Waals surface area contributed by atoms with Crippen LogP contribution in [0.15, 0.2) is 22.7 Å². The predicted octanol–water partition coefficient (Wildman–Crippen LogP) is 3.10. The van der Waals surface area contributed by atoms with Gasteiger partial charge in [0.2, 0.25) is 5.91 Å². The van der Waals surface area contributed by atoms with Crippen molar-refractivity contribution in [3.8, 4) is 0 Å². The van der Waals surface area contributed by atoms with Gasteiger partial charge in [0.1, 0.15) is 0 Å². The molecule has 0 aromatic heterocycles. The van der Waals surface area contributed by atoms with Crippen molar-refractivity contribution >= 4 is 39.9 Å². The van der Waals surface area contributed by atoms with Crippen molar-refractivity contribution in [2.45, 2.75) is 20.8 Å². The predicted molar refractivity (Wildman–Crippen MR) is 77.6 cm³/mol. The number of anilines is 1. The minimum absolute atomic E-state index is 0. The molecule has 0 saturated carbocycles. The van der Waals surface area contributed by atoms with Crippen LogP contribution < -0.4 is 11.1 Å². The highest BCUT2D eigenvalue weighted by Crippen LogP contribution is 2.22. The molecular formula is C12H18BrClN2O. The van der Waals surface area contributed by atoms with Crippen molar-refractivity contribution in [3.05, 3.63) is 28.2 Å². The van der Waals surface area contributed by atoms with E-state index in [9.17, 15) is 4.79 Å². The van der Waals surface area contributed by atoms with E-state index in [-0.39, 0.29) is 18.3 Å². The van der Waals surface area contributed by atoms with Gasteiger partial charge in [-0.05, 0) is 38.5 Å². The van der Waals surface area contributed by atoms with Gasteiger partial charge in [0.15, 0.2) is 0 Å². The maximum absolute atomic E-state index is 11.9. The summed E-state index contributed by atoms with van der Waals surface area (Å²) in [5.41, 5.74) is 6.92. The van der Waals surface area contributed by atoms with E-state index in [2.05, 4.69) is 21.2 Å². The first-order chi connectivity index (χ1) is 7.36. The largest absolute Gasteiger partial charge is 0.329 e. The van der Waals surface area contributed by atoms with E-state index in [0.717, 1.165) is 15.7 Å². The monoisotopic (exact) mass is 320 g/mol. The van der Waals surface area contributed by atoms with E-state index in [1.807, 2.05) is 39.0 Å². The van der Waals surface area contributed by atoms with Crippen molar-refractivity contribution < 1.29 is 4.79 Å². The summed E-state index contributed by atoms with van der Waals surface area (Å²) in [5, 5.41) is 2.85. The first kappa shape index (κ1) is 16.4. The minimum Gasteiger partial charge on any atom is -0.329 e. The molecule has 0 saturated heterocycles. The Morgan fingerprint density at radius 3 is 2.53 bits per heavy atom. The van der Waals surface area contributed by atoms with Gasteiger partial charge in [-0.1, -0.05) is 22.0 Å². The Morgan fingerprint density at radius 2 is 2.06 bits per heavy atom. The standard InChI is InChI=1S/C12H17BrN2O.ClH/c1-8-4-5-9(6-10(8)13)15-11(16)12(2,3)7-14;/h4-6H,7,14H2,1-3H3,(H,15,16);1H. The molecule has 0 spiro atoms. The van der Waals surface area contributed by atoms with E-state index in [4.69, 9.17) is 5.73 Å². The van der Waals surface area contributed by atoms with Crippen molar-refractivity contribution in [2.24, 2.45) is 11.1 Å². The smallest absolute Gasteiger partial charge is 0.231 e. The number of carbonyl (C=O) groups is 1. The third kappa shape index (κ3) is 4.30. The summed E-state index contributed by atoms with van der Waals surface area (Å²) >= 11 is 3.43. The molecule has 0 aliphatic heterocycles. The van der Waals surface area contributed by atoms with Gasteiger partial charge in [-0.2, -0.15) is 0 Å². The number of carbonyl (C=O) groups excluding carboxylic acids is 1. The van der Waals surface area contributed by atoms with Gasteiger partial charge < -0.3 is 11.1 Å². The van der Waals surface area contributed by atoms with Crippen LogP contribution in [0.4, 0.5) is 5.69 Å². The first-order valence-electron chi connectivity index (χ1n) is 5.14. The number of rotatable bonds is 3. The SMILES string of the molecule is Cc1ccc(NC(=O)C(C)(C)CN)cc1Br.Cl. The number of hydrogen-bond acceptors (Lipinski definition) is 2. The zero-order chi connectivity index (χ0) is 12.3. The van der Waals surface area contributed by atoms with E-state index in [0.29, 0.717) is 6.54 Å².